The molecule has 1 unspecified atom stereocenters. The Kier molecular flexibility index (Phi) is 10.6. The number of methoxy groups -OCH3 is 1. The van der Waals surface area contributed by atoms with Gasteiger partial charge >= 0.3 is 0 Å². The van der Waals surface area contributed by atoms with Crippen molar-refractivity contribution in [2.24, 2.45) is 0 Å². The number of ether oxygens (including phenoxy) is 1. The molecule has 80 valence electrons. The molecule has 0 rings (SSSR count). The third-order valence-corrected chi connectivity index (χ3v) is 2.85. The van der Waals surface area contributed by atoms with E-state index in [1.54, 1.807) is 7.11 Å². The van der Waals surface area contributed by atoms with E-state index in [2.05, 4.69) is 19.2 Å². The van der Waals surface area contributed by atoms with Crippen LogP contribution in [0.2, 0.25) is 0 Å². The summed E-state index contributed by atoms with van der Waals surface area (Å²) in [5, 5.41) is 3.48. The van der Waals surface area contributed by atoms with E-state index in [0.29, 0.717) is 6.04 Å². The van der Waals surface area contributed by atoms with E-state index < -0.39 is 0 Å². The predicted molar refractivity (Wildman–Crippen MR) is 61.6 cm³/mol. The Labute approximate surface area is 86.8 Å². The Balaban J connectivity index is 3.03. The lowest BCUT2D eigenvalue weighted by Crippen LogP contribution is -2.27. The Morgan fingerprint density at radius 2 is 2.15 bits per heavy atom. The van der Waals surface area contributed by atoms with Crippen molar-refractivity contribution in [1.29, 1.82) is 0 Å². The maximum absolute atomic E-state index is 4.98. The van der Waals surface area contributed by atoms with Gasteiger partial charge in [0.05, 0.1) is 6.61 Å². The molecule has 0 heterocycles. The van der Waals surface area contributed by atoms with Crippen LogP contribution in [-0.4, -0.2) is 37.8 Å². The maximum atomic E-state index is 4.98. The van der Waals surface area contributed by atoms with Crippen molar-refractivity contribution in [2.45, 2.75) is 32.7 Å². The van der Waals surface area contributed by atoms with E-state index in [1.165, 1.54) is 18.6 Å². The third-order valence-electron chi connectivity index (χ3n) is 1.87. The summed E-state index contributed by atoms with van der Waals surface area (Å²) in [7, 11) is 1.76. The summed E-state index contributed by atoms with van der Waals surface area (Å²) in [6, 6.07) is 0.662. The quantitative estimate of drug-likeness (QED) is 0.583. The minimum absolute atomic E-state index is 0.662. The molecule has 0 saturated heterocycles. The van der Waals surface area contributed by atoms with E-state index in [4.69, 9.17) is 4.74 Å². The van der Waals surface area contributed by atoms with Crippen LogP contribution in [0.25, 0.3) is 0 Å². The highest BCUT2D eigenvalue weighted by Gasteiger charge is 1.99. The van der Waals surface area contributed by atoms with Crippen molar-refractivity contribution in [1.82, 2.24) is 5.32 Å². The van der Waals surface area contributed by atoms with Crippen molar-refractivity contribution >= 4 is 11.8 Å². The smallest absolute Gasteiger partial charge is 0.0552 e. The summed E-state index contributed by atoms with van der Waals surface area (Å²) < 4.78 is 4.98. The first-order chi connectivity index (χ1) is 6.31. The van der Waals surface area contributed by atoms with E-state index in [1.807, 2.05) is 11.8 Å². The van der Waals surface area contributed by atoms with Gasteiger partial charge in [0, 0.05) is 18.9 Å². The molecule has 0 aromatic carbocycles. The normalized spacial score (nSPS) is 13.2. The fraction of sp³-hybridized carbons (Fsp3) is 1.00. The molecule has 0 saturated carbocycles. The monoisotopic (exact) mass is 205 g/mol. The average Bonchev–Trinajstić information content (AvgIpc) is 2.14. The highest BCUT2D eigenvalue weighted by atomic mass is 32.2. The highest BCUT2D eigenvalue weighted by Crippen LogP contribution is 2.04. The lowest BCUT2D eigenvalue weighted by Gasteiger charge is -2.12. The SMILES string of the molecule is CCCNC(C)CCSCCOC. The first-order valence-corrected chi connectivity index (χ1v) is 6.26. The number of thioether (sulfide) groups is 1. The van der Waals surface area contributed by atoms with E-state index >= 15 is 0 Å². The molecule has 13 heavy (non-hydrogen) atoms. The van der Waals surface area contributed by atoms with Gasteiger partial charge in [-0.1, -0.05) is 6.92 Å². The second-order valence-corrected chi connectivity index (χ2v) is 4.47. The van der Waals surface area contributed by atoms with Crippen molar-refractivity contribution < 1.29 is 4.74 Å². The first-order valence-electron chi connectivity index (χ1n) is 5.11. The molecule has 0 bridgehead atoms. The number of nitrogens with one attached hydrogen (secondary N) is 1. The topological polar surface area (TPSA) is 21.3 Å². The van der Waals surface area contributed by atoms with Crippen molar-refractivity contribution in [3.8, 4) is 0 Å². The molecular formula is C10H23NOS. The summed E-state index contributed by atoms with van der Waals surface area (Å²) >= 11 is 1.97. The molecule has 0 spiro atoms. The Morgan fingerprint density at radius 3 is 2.77 bits per heavy atom. The fourth-order valence-electron chi connectivity index (χ4n) is 0.997. The largest absolute Gasteiger partial charge is 0.384 e. The molecule has 2 nitrogen and oxygen atoms in total. The minimum Gasteiger partial charge on any atom is -0.384 e. The molecule has 0 aliphatic rings. The van der Waals surface area contributed by atoms with Crippen LogP contribution in [0.1, 0.15) is 26.7 Å². The Morgan fingerprint density at radius 1 is 1.38 bits per heavy atom. The zero-order valence-corrected chi connectivity index (χ0v) is 9.95. The van der Waals surface area contributed by atoms with Gasteiger partial charge in [-0.2, -0.15) is 11.8 Å². The number of rotatable bonds is 9. The van der Waals surface area contributed by atoms with Crippen LogP contribution in [0.4, 0.5) is 0 Å². The van der Waals surface area contributed by atoms with Crippen LogP contribution in [0.15, 0.2) is 0 Å². The van der Waals surface area contributed by atoms with Crippen LogP contribution in [0.3, 0.4) is 0 Å². The zero-order valence-electron chi connectivity index (χ0n) is 9.14. The average molecular weight is 205 g/mol. The second kappa shape index (κ2) is 10.4. The molecule has 1 N–H and O–H groups in total. The van der Waals surface area contributed by atoms with Crippen LogP contribution in [0.5, 0.6) is 0 Å². The predicted octanol–water partition coefficient (Wildman–Crippen LogP) is 2.14. The van der Waals surface area contributed by atoms with Gasteiger partial charge in [-0.25, -0.2) is 0 Å². The lowest BCUT2D eigenvalue weighted by atomic mass is 10.2. The Bertz CT molecular complexity index is 101. The molecular weight excluding hydrogens is 182 g/mol. The zero-order chi connectivity index (χ0) is 9.94. The molecule has 3 heteroatoms. The van der Waals surface area contributed by atoms with Crippen molar-refractivity contribution in [3.63, 3.8) is 0 Å². The lowest BCUT2D eigenvalue weighted by molar-refractivity contribution is 0.218. The van der Waals surface area contributed by atoms with Gasteiger partial charge in [0.25, 0.3) is 0 Å². The number of hydrogen-bond acceptors (Lipinski definition) is 3. The molecule has 0 aliphatic heterocycles. The van der Waals surface area contributed by atoms with Crippen LogP contribution < -0.4 is 5.32 Å². The summed E-state index contributed by atoms with van der Waals surface area (Å²) in [6.45, 7) is 6.48. The minimum atomic E-state index is 0.662. The standard InChI is InChI=1S/C10H23NOS/c1-4-6-11-10(2)5-8-13-9-7-12-3/h10-11H,4-9H2,1-3H3. The molecule has 0 amide bonds. The van der Waals surface area contributed by atoms with Crippen LogP contribution in [0, 0.1) is 0 Å². The van der Waals surface area contributed by atoms with Crippen molar-refractivity contribution in [2.75, 3.05) is 31.8 Å². The summed E-state index contributed by atoms with van der Waals surface area (Å²) in [4.78, 5) is 0. The maximum Gasteiger partial charge on any atom is 0.0552 e. The fourth-order valence-corrected chi connectivity index (χ4v) is 2.01. The molecule has 0 aromatic heterocycles. The third kappa shape index (κ3) is 10.2. The van der Waals surface area contributed by atoms with E-state index in [-0.39, 0.29) is 0 Å². The molecule has 0 aromatic rings. The van der Waals surface area contributed by atoms with Crippen LogP contribution >= 0.6 is 11.8 Å². The van der Waals surface area contributed by atoms with Gasteiger partial charge in [0.1, 0.15) is 0 Å². The molecule has 0 fully saturated rings. The van der Waals surface area contributed by atoms with Crippen LogP contribution in [-0.2, 0) is 4.74 Å². The summed E-state index contributed by atoms with van der Waals surface area (Å²) in [5.74, 6) is 2.36. The van der Waals surface area contributed by atoms with Crippen molar-refractivity contribution in [3.05, 3.63) is 0 Å². The molecule has 1 atom stereocenters. The summed E-state index contributed by atoms with van der Waals surface area (Å²) in [6.07, 6.45) is 2.48. The number of hydrogen-bond donors (Lipinski definition) is 1. The van der Waals surface area contributed by atoms with Gasteiger partial charge in [-0.15, -0.1) is 0 Å². The second-order valence-electron chi connectivity index (χ2n) is 3.25. The van der Waals surface area contributed by atoms with Gasteiger partial charge in [0.2, 0.25) is 0 Å². The van der Waals surface area contributed by atoms with Gasteiger partial charge in [0.15, 0.2) is 0 Å². The molecule has 0 aliphatic carbocycles. The van der Waals surface area contributed by atoms with E-state index in [9.17, 15) is 0 Å². The van der Waals surface area contributed by atoms with Gasteiger partial charge < -0.3 is 10.1 Å². The van der Waals surface area contributed by atoms with E-state index in [0.717, 1.165) is 18.9 Å². The first kappa shape index (κ1) is 13.3. The highest BCUT2D eigenvalue weighted by molar-refractivity contribution is 7.99. The Hall–Kier alpha value is 0.270. The molecule has 0 radical (unpaired) electrons. The van der Waals surface area contributed by atoms with Gasteiger partial charge in [-0.3, -0.25) is 0 Å². The summed E-state index contributed by atoms with van der Waals surface area (Å²) in [5.41, 5.74) is 0. The van der Waals surface area contributed by atoms with Gasteiger partial charge in [-0.05, 0) is 32.1 Å².